The molecule has 13 heavy (non-hydrogen) atoms. The normalized spacial score (nSPS) is 12.2. The summed E-state index contributed by atoms with van der Waals surface area (Å²) in [6, 6.07) is 6.99. The van der Waals surface area contributed by atoms with Crippen LogP contribution in [0.3, 0.4) is 0 Å². The molecule has 0 bridgehead atoms. The van der Waals surface area contributed by atoms with Crippen LogP contribution in [0.5, 0.6) is 0 Å². The first-order valence-electron chi connectivity index (χ1n) is 4.06. The largest absolute Gasteiger partial charge is 0.394 e. The molecule has 1 aromatic rings. The Morgan fingerprint density at radius 2 is 2.31 bits per heavy atom. The molecule has 0 saturated heterocycles. The van der Waals surface area contributed by atoms with Gasteiger partial charge >= 0.3 is 0 Å². The molecule has 0 aromatic heterocycles. The van der Waals surface area contributed by atoms with Gasteiger partial charge in [-0.3, -0.25) is 0 Å². The third-order valence-corrected chi connectivity index (χ3v) is 1.92. The van der Waals surface area contributed by atoms with Crippen LogP contribution in [0, 0.1) is 18.3 Å². The topological polar surface area (TPSA) is 70.0 Å². The summed E-state index contributed by atoms with van der Waals surface area (Å²) in [5.41, 5.74) is 7.93. The maximum absolute atomic E-state index is 8.86. The van der Waals surface area contributed by atoms with Crippen LogP contribution in [-0.4, -0.2) is 11.7 Å². The molecular weight excluding hydrogens is 164 g/mol. The first-order valence-corrected chi connectivity index (χ1v) is 4.06. The number of aliphatic hydroxyl groups is 1. The second-order valence-corrected chi connectivity index (χ2v) is 2.99. The molecule has 0 spiro atoms. The van der Waals surface area contributed by atoms with E-state index in [9.17, 15) is 0 Å². The molecule has 1 rings (SSSR count). The summed E-state index contributed by atoms with van der Waals surface area (Å²) < 4.78 is 0. The van der Waals surface area contributed by atoms with Gasteiger partial charge in [-0.15, -0.1) is 0 Å². The van der Waals surface area contributed by atoms with E-state index in [-0.39, 0.29) is 6.61 Å². The molecule has 0 amide bonds. The molecule has 0 unspecified atom stereocenters. The van der Waals surface area contributed by atoms with Gasteiger partial charge in [0.2, 0.25) is 0 Å². The highest BCUT2D eigenvalue weighted by Crippen LogP contribution is 2.16. The Bertz CT molecular complexity index is 341. The quantitative estimate of drug-likeness (QED) is 0.702. The molecule has 0 aliphatic carbocycles. The lowest BCUT2D eigenvalue weighted by molar-refractivity contribution is 0.268. The maximum atomic E-state index is 8.86. The van der Waals surface area contributed by atoms with Crippen molar-refractivity contribution in [1.82, 2.24) is 0 Å². The van der Waals surface area contributed by atoms with E-state index in [4.69, 9.17) is 16.1 Å². The van der Waals surface area contributed by atoms with Gasteiger partial charge in [0.1, 0.15) is 0 Å². The number of rotatable bonds is 2. The number of benzene rings is 1. The number of aryl methyl sites for hydroxylation is 1. The fraction of sp³-hybridized carbons (Fsp3) is 0.300. The first-order chi connectivity index (χ1) is 6.19. The predicted molar refractivity (Wildman–Crippen MR) is 49.9 cm³/mol. The zero-order chi connectivity index (χ0) is 9.84. The van der Waals surface area contributed by atoms with Crippen molar-refractivity contribution in [2.75, 3.05) is 6.61 Å². The standard InChI is InChI=1S/C10H12N2O/c1-7-2-3-8(5-11)9(4-7)10(12)6-13/h2-4,10,13H,6,12H2,1H3/t10-/m1/s1. The van der Waals surface area contributed by atoms with Gasteiger partial charge in [0.15, 0.2) is 0 Å². The Balaban J connectivity index is 3.17. The number of hydrogen-bond donors (Lipinski definition) is 2. The van der Waals surface area contributed by atoms with E-state index in [0.717, 1.165) is 5.56 Å². The number of hydrogen-bond acceptors (Lipinski definition) is 3. The number of nitriles is 1. The third kappa shape index (κ3) is 2.05. The highest BCUT2D eigenvalue weighted by molar-refractivity contribution is 5.41. The molecule has 1 atom stereocenters. The molecule has 0 aliphatic rings. The van der Waals surface area contributed by atoms with Crippen LogP contribution in [0.25, 0.3) is 0 Å². The van der Waals surface area contributed by atoms with Gasteiger partial charge in [-0.25, -0.2) is 0 Å². The minimum atomic E-state index is -0.463. The summed E-state index contributed by atoms with van der Waals surface area (Å²) in [5, 5.41) is 17.6. The minimum Gasteiger partial charge on any atom is -0.394 e. The van der Waals surface area contributed by atoms with Crippen LogP contribution in [0.2, 0.25) is 0 Å². The molecular formula is C10H12N2O. The van der Waals surface area contributed by atoms with Crippen molar-refractivity contribution in [2.24, 2.45) is 5.73 Å². The van der Waals surface area contributed by atoms with E-state index in [1.807, 2.05) is 25.1 Å². The predicted octanol–water partition coefficient (Wildman–Crippen LogP) is 0.859. The summed E-state index contributed by atoms with van der Waals surface area (Å²) in [7, 11) is 0. The first kappa shape index (κ1) is 9.72. The number of aliphatic hydroxyl groups excluding tert-OH is 1. The van der Waals surface area contributed by atoms with Crippen LogP contribution in [-0.2, 0) is 0 Å². The Hall–Kier alpha value is -1.37. The van der Waals surface area contributed by atoms with Crippen molar-refractivity contribution < 1.29 is 5.11 Å². The maximum Gasteiger partial charge on any atom is 0.0995 e. The second-order valence-electron chi connectivity index (χ2n) is 2.99. The molecule has 0 saturated carbocycles. The molecule has 0 radical (unpaired) electrons. The fourth-order valence-corrected chi connectivity index (χ4v) is 1.19. The third-order valence-electron chi connectivity index (χ3n) is 1.92. The molecule has 3 nitrogen and oxygen atoms in total. The van der Waals surface area contributed by atoms with Gasteiger partial charge in [-0.1, -0.05) is 17.7 Å². The van der Waals surface area contributed by atoms with Crippen LogP contribution in [0.15, 0.2) is 18.2 Å². The van der Waals surface area contributed by atoms with Crippen molar-refractivity contribution in [3.63, 3.8) is 0 Å². The molecule has 0 heterocycles. The van der Waals surface area contributed by atoms with Gasteiger partial charge in [-0.05, 0) is 18.6 Å². The number of nitrogens with zero attached hydrogens (tertiary/aromatic N) is 1. The SMILES string of the molecule is Cc1ccc(C#N)c([C@H](N)CO)c1. The van der Waals surface area contributed by atoms with Crippen LogP contribution >= 0.6 is 0 Å². The van der Waals surface area contributed by atoms with E-state index in [0.29, 0.717) is 11.1 Å². The zero-order valence-electron chi connectivity index (χ0n) is 7.49. The van der Waals surface area contributed by atoms with Crippen molar-refractivity contribution in [3.05, 3.63) is 34.9 Å². The molecule has 3 heteroatoms. The molecule has 68 valence electrons. The van der Waals surface area contributed by atoms with Crippen molar-refractivity contribution in [2.45, 2.75) is 13.0 Å². The average molecular weight is 176 g/mol. The molecule has 0 fully saturated rings. The summed E-state index contributed by atoms with van der Waals surface area (Å²) in [4.78, 5) is 0. The van der Waals surface area contributed by atoms with Gasteiger partial charge < -0.3 is 10.8 Å². The van der Waals surface area contributed by atoms with Gasteiger partial charge in [0.05, 0.1) is 24.3 Å². The summed E-state index contributed by atoms with van der Waals surface area (Å²) in [5.74, 6) is 0. The summed E-state index contributed by atoms with van der Waals surface area (Å²) >= 11 is 0. The van der Waals surface area contributed by atoms with E-state index in [1.54, 1.807) is 6.07 Å². The fourth-order valence-electron chi connectivity index (χ4n) is 1.19. The molecule has 3 N–H and O–H groups in total. The van der Waals surface area contributed by atoms with Crippen molar-refractivity contribution >= 4 is 0 Å². The lowest BCUT2D eigenvalue weighted by atomic mass is 10.00. The van der Waals surface area contributed by atoms with E-state index in [2.05, 4.69) is 0 Å². The highest BCUT2D eigenvalue weighted by atomic mass is 16.3. The number of nitrogens with two attached hydrogens (primary N) is 1. The van der Waals surface area contributed by atoms with Gasteiger partial charge in [-0.2, -0.15) is 5.26 Å². The lowest BCUT2D eigenvalue weighted by Gasteiger charge is -2.10. The highest BCUT2D eigenvalue weighted by Gasteiger charge is 2.09. The Morgan fingerprint density at radius 3 is 2.85 bits per heavy atom. The van der Waals surface area contributed by atoms with Crippen LogP contribution < -0.4 is 5.73 Å². The minimum absolute atomic E-state index is 0.141. The van der Waals surface area contributed by atoms with Crippen molar-refractivity contribution in [1.29, 1.82) is 5.26 Å². The Labute approximate surface area is 77.4 Å². The Kier molecular flexibility index (Phi) is 3.02. The Morgan fingerprint density at radius 1 is 1.62 bits per heavy atom. The monoisotopic (exact) mass is 176 g/mol. The van der Waals surface area contributed by atoms with E-state index < -0.39 is 6.04 Å². The molecule has 0 aliphatic heterocycles. The summed E-state index contributed by atoms with van der Waals surface area (Å²) in [6.45, 7) is 1.78. The van der Waals surface area contributed by atoms with Crippen LogP contribution in [0.4, 0.5) is 0 Å². The summed E-state index contributed by atoms with van der Waals surface area (Å²) in [6.07, 6.45) is 0. The van der Waals surface area contributed by atoms with E-state index in [1.165, 1.54) is 0 Å². The van der Waals surface area contributed by atoms with Gasteiger partial charge in [0.25, 0.3) is 0 Å². The average Bonchev–Trinajstić information content (AvgIpc) is 2.16. The van der Waals surface area contributed by atoms with Crippen LogP contribution in [0.1, 0.15) is 22.7 Å². The zero-order valence-corrected chi connectivity index (χ0v) is 7.49. The smallest absolute Gasteiger partial charge is 0.0995 e. The van der Waals surface area contributed by atoms with Gasteiger partial charge in [0, 0.05) is 0 Å². The van der Waals surface area contributed by atoms with E-state index >= 15 is 0 Å². The van der Waals surface area contributed by atoms with Crippen molar-refractivity contribution in [3.8, 4) is 6.07 Å². The molecule has 1 aromatic carbocycles. The second kappa shape index (κ2) is 4.04. The lowest BCUT2D eigenvalue weighted by Crippen LogP contribution is -2.16.